The summed E-state index contributed by atoms with van der Waals surface area (Å²) >= 11 is 0. The highest BCUT2D eigenvalue weighted by atomic mass is 16.6. The third-order valence-corrected chi connectivity index (χ3v) is 11.6. The van der Waals surface area contributed by atoms with Crippen molar-refractivity contribution in [3.05, 3.63) is 0 Å². The fourth-order valence-electron chi connectivity index (χ4n) is 7.74. The zero-order chi connectivity index (χ0) is 41.5. The first-order valence-electron chi connectivity index (χ1n) is 25.5. The highest BCUT2D eigenvalue weighted by Gasteiger charge is 2.19. The summed E-state index contributed by atoms with van der Waals surface area (Å²) in [6.07, 6.45) is 49.4. The minimum Gasteiger partial charge on any atom is -0.462 e. The molecule has 0 aliphatic rings. The van der Waals surface area contributed by atoms with Crippen LogP contribution in [0, 0.1) is 0 Å². The van der Waals surface area contributed by atoms with Crippen LogP contribution in [0.5, 0.6) is 0 Å². The topological polar surface area (TPSA) is 78.9 Å². The van der Waals surface area contributed by atoms with E-state index in [0.717, 1.165) is 57.8 Å². The number of ether oxygens (including phenoxy) is 3. The van der Waals surface area contributed by atoms with Crippen molar-refractivity contribution in [1.82, 2.24) is 0 Å². The van der Waals surface area contributed by atoms with Crippen molar-refractivity contribution in [3.8, 4) is 0 Å². The summed E-state index contributed by atoms with van der Waals surface area (Å²) in [6.45, 7) is 6.67. The number of hydrogen-bond acceptors (Lipinski definition) is 6. The summed E-state index contributed by atoms with van der Waals surface area (Å²) in [4.78, 5) is 37.8. The van der Waals surface area contributed by atoms with Gasteiger partial charge in [-0.2, -0.15) is 0 Å². The number of carbonyl (C=O) groups is 3. The molecule has 0 N–H and O–H groups in total. The molecule has 0 fully saturated rings. The molecule has 57 heavy (non-hydrogen) atoms. The van der Waals surface area contributed by atoms with Crippen LogP contribution in [-0.4, -0.2) is 37.2 Å². The van der Waals surface area contributed by atoms with Gasteiger partial charge in [-0.3, -0.25) is 14.4 Å². The predicted molar refractivity (Wildman–Crippen MR) is 243 cm³/mol. The standard InChI is InChI=1S/C51H98O6/c1-4-7-10-13-16-19-22-24-25-26-28-29-32-35-38-41-44-50(53)56-47-48(46-55-49(52)43-40-37-34-31-21-18-15-12-9-6-3)57-51(54)45-42-39-36-33-30-27-23-20-17-14-11-8-5-2/h48H,4-47H2,1-3H3/t48-/m0/s1. The Morgan fingerprint density at radius 1 is 0.281 bits per heavy atom. The fraction of sp³-hybridized carbons (Fsp3) is 0.941. The average Bonchev–Trinajstić information content (AvgIpc) is 3.21. The van der Waals surface area contributed by atoms with Crippen LogP contribution in [0.2, 0.25) is 0 Å². The first kappa shape index (κ1) is 55.4. The molecule has 0 aromatic carbocycles. The van der Waals surface area contributed by atoms with Gasteiger partial charge in [-0.05, 0) is 19.3 Å². The summed E-state index contributed by atoms with van der Waals surface area (Å²) in [5, 5.41) is 0. The largest absolute Gasteiger partial charge is 0.462 e. The van der Waals surface area contributed by atoms with Gasteiger partial charge in [-0.15, -0.1) is 0 Å². The lowest BCUT2D eigenvalue weighted by molar-refractivity contribution is -0.167. The molecule has 0 aromatic heterocycles. The number of rotatable bonds is 47. The van der Waals surface area contributed by atoms with Gasteiger partial charge < -0.3 is 14.2 Å². The first-order valence-corrected chi connectivity index (χ1v) is 25.5. The maximum absolute atomic E-state index is 12.7. The lowest BCUT2D eigenvalue weighted by Crippen LogP contribution is -2.30. The smallest absolute Gasteiger partial charge is 0.306 e. The third kappa shape index (κ3) is 45.3. The van der Waals surface area contributed by atoms with Crippen molar-refractivity contribution in [2.24, 2.45) is 0 Å². The van der Waals surface area contributed by atoms with Crippen LogP contribution in [0.25, 0.3) is 0 Å². The molecule has 0 aliphatic carbocycles. The minimum atomic E-state index is -0.758. The summed E-state index contributed by atoms with van der Waals surface area (Å²) in [5.74, 6) is -0.844. The van der Waals surface area contributed by atoms with Crippen LogP contribution in [-0.2, 0) is 28.6 Å². The van der Waals surface area contributed by atoms with E-state index in [-0.39, 0.29) is 31.1 Å². The molecule has 0 aliphatic heterocycles. The van der Waals surface area contributed by atoms with Crippen LogP contribution in [0.1, 0.15) is 290 Å². The van der Waals surface area contributed by atoms with E-state index >= 15 is 0 Å². The van der Waals surface area contributed by atoms with E-state index in [2.05, 4.69) is 20.8 Å². The van der Waals surface area contributed by atoms with Gasteiger partial charge in [0.2, 0.25) is 0 Å². The Bertz CT molecular complexity index is 844. The number of carbonyl (C=O) groups excluding carboxylic acids is 3. The molecule has 0 heterocycles. The normalized spacial score (nSPS) is 11.8. The Kier molecular flexibility index (Phi) is 45.8. The average molecular weight is 807 g/mol. The molecule has 0 amide bonds. The van der Waals surface area contributed by atoms with Gasteiger partial charge in [0.15, 0.2) is 6.10 Å². The second-order valence-electron chi connectivity index (χ2n) is 17.5. The lowest BCUT2D eigenvalue weighted by atomic mass is 10.0. The van der Waals surface area contributed by atoms with E-state index in [1.165, 1.54) is 193 Å². The van der Waals surface area contributed by atoms with Gasteiger partial charge in [0.1, 0.15) is 13.2 Å². The van der Waals surface area contributed by atoms with Gasteiger partial charge in [0.05, 0.1) is 0 Å². The molecular formula is C51H98O6. The van der Waals surface area contributed by atoms with E-state index in [1.54, 1.807) is 0 Å². The van der Waals surface area contributed by atoms with E-state index < -0.39 is 6.10 Å². The summed E-state index contributed by atoms with van der Waals surface area (Å²) < 4.78 is 16.8. The second-order valence-corrected chi connectivity index (χ2v) is 17.5. The number of hydrogen-bond donors (Lipinski definition) is 0. The van der Waals surface area contributed by atoms with Crippen LogP contribution in [0.15, 0.2) is 0 Å². The zero-order valence-electron chi connectivity index (χ0n) is 38.6. The van der Waals surface area contributed by atoms with E-state index in [1.807, 2.05) is 0 Å². The van der Waals surface area contributed by atoms with Crippen molar-refractivity contribution in [1.29, 1.82) is 0 Å². The second kappa shape index (κ2) is 47.1. The number of unbranched alkanes of at least 4 members (excludes halogenated alkanes) is 36. The molecule has 0 bridgehead atoms. The molecule has 0 saturated heterocycles. The van der Waals surface area contributed by atoms with Crippen molar-refractivity contribution >= 4 is 17.9 Å². The van der Waals surface area contributed by atoms with E-state index in [9.17, 15) is 14.4 Å². The van der Waals surface area contributed by atoms with Crippen molar-refractivity contribution in [2.45, 2.75) is 297 Å². The molecule has 0 saturated carbocycles. The monoisotopic (exact) mass is 807 g/mol. The Labute approximate surface area is 355 Å². The van der Waals surface area contributed by atoms with Gasteiger partial charge in [-0.25, -0.2) is 0 Å². The third-order valence-electron chi connectivity index (χ3n) is 11.6. The Balaban J connectivity index is 4.27. The zero-order valence-corrected chi connectivity index (χ0v) is 38.6. The molecule has 6 heteroatoms. The minimum absolute atomic E-state index is 0.0619. The molecule has 6 nitrogen and oxygen atoms in total. The van der Waals surface area contributed by atoms with E-state index in [4.69, 9.17) is 14.2 Å². The Morgan fingerprint density at radius 2 is 0.474 bits per heavy atom. The van der Waals surface area contributed by atoms with Crippen molar-refractivity contribution < 1.29 is 28.6 Å². The molecular weight excluding hydrogens is 709 g/mol. The quantitative estimate of drug-likeness (QED) is 0.0346. The Morgan fingerprint density at radius 3 is 0.702 bits per heavy atom. The first-order chi connectivity index (χ1) is 28.0. The SMILES string of the molecule is CCCCCCCCCCCCCCCCCCC(=O)OC[C@H](COC(=O)CCCCCCCCCCCC)OC(=O)CCCCCCCCCCCCCCC. The van der Waals surface area contributed by atoms with Gasteiger partial charge in [0, 0.05) is 19.3 Å². The summed E-state index contributed by atoms with van der Waals surface area (Å²) in [5.41, 5.74) is 0. The molecule has 0 rings (SSSR count). The molecule has 1 atom stereocenters. The number of esters is 3. The Hall–Kier alpha value is -1.59. The molecule has 338 valence electrons. The maximum atomic E-state index is 12.7. The van der Waals surface area contributed by atoms with Crippen LogP contribution in [0.3, 0.4) is 0 Å². The van der Waals surface area contributed by atoms with Crippen LogP contribution < -0.4 is 0 Å². The van der Waals surface area contributed by atoms with Crippen molar-refractivity contribution in [2.75, 3.05) is 13.2 Å². The lowest BCUT2D eigenvalue weighted by Gasteiger charge is -2.18. The molecule has 0 aromatic rings. The molecule has 0 spiro atoms. The predicted octanol–water partition coefficient (Wildman–Crippen LogP) is 16.4. The highest BCUT2D eigenvalue weighted by Crippen LogP contribution is 2.17. The van der Waals surface area contributed by atoms with Gasteiger partial charge >= 0.3 is 17.9 Å². The van der Waals surface area contributed by atoms with Crippen LogP contribution >= 0.6 is 0 Å². The highest BCUT2D eigenvalue weighted by molar-refractivity contribution is 5.71. The molecule has 0 unspecified atom stereocenters. The maximum Gasteiger partial charge on any atom is 0.306 e. The fourth-order valence-corrected chi connectivity index (χ4v) is 7.74. The van der Waals surface area contributed by atoms with Gasteiger partial charge in [0.25, 0.3) is 0 Å². The summed E-state index contributed by atoms with van der Waals surface area (Å²) in [7, 11) is 0. The van der Waals surface area contributed by atoms with Crippen molar-refractivity contribution in [3.63, 3.8) is 0 Å². The van der Waals surface area contributed by atoms with E-state index in [0.29, 0.717) is 19.3 Å². The molecule has 0 radical (unpaired) electrons. The van der Waals surface area contributed by atoms with Gasteiger partial charge in [-0.1, -0.05) is 252 Å². The van der Waals surface area contributed by atoms with Crippen LogP contribution in [0.4, 0.5) is 0 Å². The summed E-state index contributed by atoms with van der Waals surface area (Å²) in [6, 6.07) is 0.